The van der Waals surface area contributed by atoms with Crippen LogP contribution < -0.4 is 15.8 Å². The lowest BCUT2D eigenvalue weighted by atomic mass is 10.1. The van der Waals surface area contributed by atoms with Crippen LogP contribution in [0.1, 0.15) is 37.5 Å². The second kappa shape index (κ2) is 9.07. The molecule has 0 amide bonds. The highest BCUT2D eigenvalue weighted by Crippen LogP contribution is 2.35. The van der Waals surface area contributed by atoms with Gasteiger partial charge in [0.2, 0.25) is 0 Å². The third-order valence-electron chi connectivity index (χ3n) is 5.29. The molecule has 3 N–H and O–H groups in total. The summed E-state index contributed by atoms with van der Waals surface area (Å²) in [4.78, 5) is 4.28. The average molecular weight is 542 g/mol. The van der Waals surface area contributed by atoms with Gasteiger partial charge in [-0.05, 0) is 73.6 Å². The van der Waals surface area contributed by atoms with E-state index >= 15 is 0 Å². The highest BCUT2D eigenvalue weighted by atomic mass is 127. The fraction of sp³-hybridized carbons (Fsp3) is 0.333. The quantitative estimate of drug-likeness (QED) is 0.352. The molecule has 0 radical (unpaired) electrons. The summed E-state index contributed by atoms with van der Waals surface area (Å²) in [5.41, 5.74) is 8.43. The van der Waals surface area contributed by atoms with Crippen LogP contribution in [0, 0.1) is 9.39 Å². The number of nitrogens with one attached hydrogen (secondary N) is 1. The second-order valence-corrected chi connectivity index (χ2v) is 8.80. The van der Waals surface area contributed by atoms with Crippen molar-refractivity contribution < 1.29 is 9.13 Å². The zero-order chi connectivity index (χ0) is 21.3. The first-order valence-corrected chi connectivity index (χ1v) is 11.2. The van der Waals surface area contributed by atoms with Crippen molar-refractivity contribution in [1.82, 2.24) is 20.1 Å². The zero-order valence-electron chi connectivity index (χ0n) is 16.4. The maximum atomic E-state index is 14.0. The lowest BCUT2D eigenvalue weighted by Gasteiger charge is -2.22. The Morgan fingerprint density at radius 1 is 1.30 bits per heavy atom. The number of nitrogen functional groups attached to an aromatic ring is 1. The first-order valence-electron chi connectivity index (χ1n) is 9.75. The molecular formula is C21H22ClFIN5O. The van der Waals surface area contributed by atoms with E-state index < -0.39 is 6.10 Å². The average Bonchev–Trinajstić information content (AvgIpc) is 3.24. The molecule has 0 bridgehead atoms. The largest absolute Gasteiger partial charge is 0.482 e. The van der Waals surface area contributed by atoms with Gasteiger partial charge in [0.15, 0.2) is 11.6 Å². The van der Waals surface area contributed by atoms with E-state index in [-0.39, 0.29) is 11.6 Å². The van der Waals surface area contributed by atoms with Gasteiger partial charge in [0.25, 0.3) is 0 Å². The van der Waals surface area contributed by atoms with Crippen LogP contribution in [0.15, 0.2) is 36.8 Å². The molecule has 1 saturated heterocycles. The third-order valence-corrected chi connectivity index (χ3v) is 6.72. The van der Waals surface area contributed by atoms with Crippen LogP contribution >= 0.6 is 34.2 Å². The molecule has 3 aromatic rings. The lowest BCUT2D eigenvalue weighted by molar-refractivity contribution is 0.226. The Bertz CT molecular complexity index is 1050. The Balaban J connectivity index is 1.58. The van der Waals surface area contributed by atoms with Crippen molar-refractivity contribution >= 4 is 40.0 Å². The van der Waals surface area contributed by atoms with Gasteiger partial charge in [-0.3, -0.25) is 4.68 Å². The second-order valence-electron chi connectivity index (χ2n) is 7.31. The number of nitrogens with zero attached hydrogens (tertiary/aromatic N) is 3. The van der Waals surface area contributed by atoms with Crippen LogP contribution in [0.2, 0.25) is 5.02 Å². The van der Waals surface area contributed by atoms with Gasteiger partial charge >= 0.3 is 0 Å². The Hall–Kier alpha value is -1.91. The van der Waals surface area contributed by atoms with Crippen molar-refractivity contribution in [3.8, 4) is 16.9 Å². The van der Waals surface area contributed by atoms with Gasteiger partial charge in [0, 0.05) is 34.1 Å². The van der Waals surface area contributed by atoms with Gasteiger partial charge in [-0.2, -0.15) is 5.10 Å². The van der Waals surface area contributed by atoms with E-state index in [0.29, 0.717) is 25.9 Å². The molecular weight excluding hydrogens is 520 g/mol. The number of pyridine rings is 1. The highest BCUT2D eigenvalue weighted by Gasteiger charge is 2.20. The van der Waals surface area contributed by atoms with E-state index in [2.05, 4.69) is 15.4 Å². The first kappa shape index (κ1) is 21.3. The summed E-state index contributed by atoms with van der Waals surface area (Å²) in [6, 6.07) is 5.11. The predicted octanol–water partition coefficient (Wildman–Crippen LogP) is 4.99. The van der Waals surface area contributed by atoms with Crippen LogP contribution in [0.25, 0.3) is 11.1 Å². The van der Waals surface area contributed by atoms with Gasteiger partial charge in [0.1, 0.15) is 11.9 Å². The predicted molar refractivity (Wildman–Crippen MR) is 124 cm³/mol. The zero-order valence-corrected chi connectivity index (χ0v) is 19.3. The Kier molecular flexibility index (Phi) is 6.45. The summed E-state index contributed by atoms with van der Waals surface area (Å²) in [6.45, 7) is 3.81. The number of hydrogen-bond acceptors (Lipinski definition) is 5. The smallest absolute Gasteiger partial charge is 0.166 e. The van der Waals surface area contributed by atoms with E-state index in [1.54, 1.807) is 6.20 Å². The minimum Gasteiger partial charge on any atom is -0.482 e. The van der Waals surface area contributed by atoms with Crippen LogP contribution in [0.4, 0.5) is 10.2 Å². The Morgan fingerprint density at radius 3 is 2.83 bits per heavy atom. The fourth-order valence-electron chi connectivity index (χ4n) is 3.63. The SMILES string of the molecule is C[C@@H](Oc1cc(-c2cnn(C3CCNCC3)c2)cnc1N)c1c(Cl)ccc(F)c1I. The van der Waals surface area contributed by atoms with Crippen molar-refractivity contribution in [2.24, 2.45) is 0 Å². The molecule has 1 aliphatic heterocycles. The molecule has 4 rings (SSSR count). The summed E-state index contributed by atoms with van der Waals surface area (Å²) < 4.78 is 22.5. The highest BCUT2D eigenvalue weighted by molar-refractivity contribution is 14.1. The Labute approximate surface area is 193 Å². The number of nitrogens with two attached hydrogens (primary N) is 1. The topological polar surface area (TPSA) is 78.0 Å². The number of ether oxygens (including phenoxy) is 1. The van der Waals surface area contributed by atoms with Gasteiger partial charge < -0.3 is 15.8 Å². The maximum absolute atomic E-state index is 14.0. The van der Waals surface area contributed by atoms with Crippen molar-refractivity contribution in [2.45, 2.75) is 31.9 Å². The molecule has 9 heteroatoms. The molecule has 0 unspecified atom stereocenters. The molecule has 0 spiro atoms. The minimum absolute atomic E-state index is 0.263. The number of halogens is 3. The van der Waals surface area contributed by atoms with E-state index in [0.717, 1.165) is 37.1 Å². The molecule has 1 aliphatic rings. The molecule has 2 aromatic heterocycles. The fourth-order valence-corrected chi connectivity index (χ4v) is 5.01. The summed E-state index contributed by atoms with van der Waals surface area (Å²) in [7, 11) is 0. The standard InChI is InChI=1S/C21H22ClFIN5O/c1-12(19-16(22)2-3-17(23)20(19)24)30-18-8-13(9-27-21(18)25)14-10-28-29(11-14)15-4-6-26-7-5-15/h2-3,8-12,15,26H,4-7H2,1H3,(H2,25,27)/t12-/m1/s1. The number of piperidine rings is 1. The van der Waals surface area contributed by atoms with Crippen LogP contribution in [0.5, 0.6) is 5.75 Å². The van der Waals surface area contributed by atoms with Crippen LogP contribution in [-0.2, 0) is 0 Å². The molecule has 6 nitrogen and oxygen atoms in total. The van der Waals surface area contributed by atoms with Crippen LogP contribution in [0.3, 0.4) is 0 Å². The molecule has 0 saturated carbocycles. The molecule has 1 fully saturated rings. The van der Waals surface area contributed by atoms with E-state index in [4.69, 9.17) is 22.1 Å². The molecule has 158 valence electrons. The van der Waals surface area contributed by atoms with Gasteiger partial charge in [-0.1, -0.05) is 11.6 Å². The number of rotatable bonds is 5. The summed E-state index contributed by atoms with van der Waals surface area (Å²) in [5, 5.41) is 8.35. The Morgan fingerprint density at radius 2 is 2.07 bits per heavy atom. The molecule has 30 heavy (non-hydrogen) atoms. The third kappa shape index (κ3) is 4.40. The van der Waals surface area contributed by atoms with Crippen molar-refractivity contribution in [1.29, 1.82) is 0 Å². The summed E-state index contributed by atoms with van der Waals surface area (Å²) in [5.74, 6) is 0.347. The summed E-state index contributed by atoms with van der Waals surface area (Å²) in [6.07, 6.45) is 7.17. The van der Waals surface area contributed by atoms with Crippen molar-refractivity contribution in [3.63, 3.8) is 0 Å². The van der Waals surface area contributed by atoms with Gasteiger partial charge in [0.05, 0.1) is 15.8 Å². The number of benzene rings is 1. The summed E-state index contributed by atoms with van der Waals surface area (Å²) >= 11 is 8.23. The van der Waals surface area contributed by atoms with Crippen molar-refractivity contribution in [3.05, 3.63) is 56.8 Å². The van der Waals surface area contributed by atoms with E-state index in [1.165, 1.54) is 12.1 Å². The normalized spacial score (nSPS) is 15.9. The molecule has 3 heterocycles. The van der Waals surface area contributed by atoms with Crippen LogP contribution in [-0.4, -0.2) is 27.9 Å². The molecule has 0 aliphatic carbocycles. The van der Waals surface area contributed by atoms with E-state index in [1.807, 2.05) is 52.7 Å². The molecule has 1 aromatic carbocycles. The minimum atomic E-state index is -0.503. The lowest BCUT2D eigenvalue weighted by Crippen LogP contribution is -2.29. The van der Waals surface area contributed by atoms with Gasteiger partial charge in [-0.15, -0.1) is 0 Å². The first-order chi connectivity index (χ1) is 14.4. The molecule has 1 atom stereocenters. The number of anilines is 1. The number of aromatic nitrogens is 3. The van der Waals surface area contributed by atoms with Crippen molar-refractivity contribution in [2.75, 3.05) is 18.8 Å². The number of hydrogen-bond donors (Lipinski definition) is 2. The van der Waals surface area contributed by atoms with Gasteiger partial charge in [-0.25, -0.2) is 9.37 Å². The monoisotopic (exact) mass is 541 g/mol. The van der Waals surface area contributed by atoms with E-state index in [9.17, 15) is 4.39 Å². The maximum Gasteiger partial charge on any atom is 0.166 e.